The van der Waals surface area contributed by atoms with E-state index in [1.807, 2.05) is 6.08 Å². The molecule has 1 saturated heterocycles. The van der Waals surface area contributed by atoms with Gasteiger partial charge in [-0.3, -0.25) is 0 Å². The Kier molecular flexibility index (Phi) is 15.0. The zero-order chi connectivity index (χ0) is 19.7. The van der Waals surface area contributed by atoms with Gasteiger partial charge < -0.3 is 24.8 Å². The number of ether oxygens (including phenoxy) is 2. The summed E-state index contributed by atoms with van der Waals surface area (Å²) in [7, 11) is 0. The Labute approximate surface area is 165 Å². The third-order valence-electron chi connectivity index (χ3n) is 5.37. The number of allylic oxidation sites excluding steroid dienone is 1. The van der Waals surface area contributed by atoms with Crippen LogP contribution in [0.15, 0.2) is 12.7 Å². The maximum Gasteiger partial charge on any atom is 0.114 e. The standard InChI is InChI=1S/C22H42O5/c1-2-3-4-5-6-7-8-9-10-11-12-13-14-15-16-26-22-19(24)18-27-20(17-23)21(22)25/h2,19-25H,1,3-18H2/t19-,20+,21+,22+/m1/s1. The summed E-state index contributed by atoms with van der Waals surface area (Å²) in [6, 6.07) is 0. The van der Waals surface area contributed by atoms with E-state index in [0.717, 1.165) is 19.3 Å². The van der Waals surface area contributed by atoms with Gasteiger partial charge in [0, 0.05) is 6.61 Å². The SMILES string of the molecule is C=CCCCCCCCCCCCCCCO[C@@H]1[C@@H](O)[C@H](CO)OC[C@H]1O. The summed E-state index contributed by atoms with van der Waals surface area (Å²) in [5.41, 5.74) is 0. The van der Waals surface area contributed by atoms with E-state index >= 15 is 0 Å². The summed E-state index contributed by atoms with van der Waals surface area (Å²) in [5.74, 6) is 0. The van der Waals surface area contributed by atoms with E-state index in [1.54, 1.807) is 0 Å². The van der Waals surface area contributed by atoms with Gasteiger partial charge in [-0.15, -0.1) is 6.58 Å². The van der Waals surface area contributed by atoms with Crippen molar-refractivity contribution in [3.8, 4) is 0 Å². The van der Waals surface area contributed by atoms with Crippen molar-refractivity contribution >= 4 is 0 Å². The zero-order valence-electron chi connectivity index (χ0n) is 17.1. The fourth-order valence-corrected chi connectivity index (χ4v) is 3.60. The van der Waals surface area contributed by atoms with Crippen LogP contribution in [0.4, 0.5) is 0 Å². The lowest BCUT2D eigenvalue weighted by Crippen LogP contribution is -2.55. The maximum absolute atomic E-state index is 10.0. The Morgan fingerprint density at radius 3 is 1.89 bits per heavy atom. The number of hydrogen-bond donors (Lipinski definition) is 3. The minimum absolute atomic E-state index is 0.0990. The Balaban J connectivity index is 1.87. The van der Waals surface area contributed by atoms with Crippen LogP contribution in [0.25, 0.3) is 0 Å². The van der Waals surface area contributed by atoms with E-state index in [2.05, 4.69) is 6.58 Å². The van der Waals surface area contributed by atoms with Gasteiger partial charge in [-0.1, -0.05) is 70.3 Å². The van der Waals surface area contributed by atoms with E-state index in [9.17, 15) is 10.2 Å². The Hall–Kier alpha value is -0.460. The van der Waals surface area contributed by atoms with E-state index in [1.165, 1.54) is 64.2 Å². The first kappa shape index (κ1) is 24.6. The second-order valence-corrected chi connectivity index (χ2v) is 7.77. The van der Waals surface area contributed by atoms with Gasteiger partial charge in [0.15, 0.2) is 0 Å². The van der Waals surface area contributed by atoms with E-state index in [0.29, 0.717) is 6.61 Å². The summed E-state index contributed by atoms with van der Waals surface area (Å²) in [4.78, 5) is 0. The van der Waals surface area contributed by atoms with Crippen LogP contribution in [-0.2, 0) is 9.47 Å². The fourth-order valence-electron chi connectivity index (χ4n) is 3.60. The zero-order valence-corrected chi connectivity index (χ0v) is 17.1. The first-order valence-corrected chi connectivity index (χ1v) is 11.0. The molecule has 1 aliphatic rings. The van der Waals surface area contributed by atoms with Gasteiger partial charge in [0.05, 0.1) is 13.2 Å². The molecule has 0 amide bonds. The van der Waals surface area contributed by atoms with Crippen LogP contribution in [0, 0.1) is 0 Å². The maximum atomic E-state index is 10.0. The lowest BCUT2D eigenvalue weighted by Gasteiger charge is -2.37. The highest BCUT2D eigenvalue weighted by atomic mass is 16.6. The van der Waals surface area contributed by atoms with Crippen molar-refractivity contribution in [3.05, 3.63) is 12.7 Å². The summed E-state index contributed by atoms with van der Waals surface area (Å²) >= 11 is 0. The molecule has 0 radical (unpaired) electrons. The molecule has 0 aromatic carbocycles. The van der Waals surface area contributed by atoms with Crippen LogP contribution in [-0.4, -0.2) is 59.6 Å². The predicted octanol–water partition coefficient (Wildman–Crippen LogP) is 3.74. The van der Waals surface area contributed by atoms with Crippen LogP contribution in [0.1, 0.15) is 83.5 Å². The monoisotopic (exact) mass is 386 g/mol. The van der Waals surface area contributed by atoms with Crippen molar-refractivity contribution < 1.29 is 24.8 Å². The molecular weight excluding hydrogens is 344 g/mol. The Morgan fingerprint density at radius 2 is 1.37 bits per heavy atom. The molecule has 0 aromatic heterocycles. The topological polar surface area (TPSA) is 79.2 Å². The molecule has 27 heavy (non-hydrogen) atoms. The minimum Gasteiger partial charge on any atom is -0.394 e. The Bertz CT molecular complexity index is 350. The molecule has 0 bridgehead atoms. The third-order valence-corrected chi connectivity index (χ3v) is 5.37. The molecule has 1 fully saturated rings. The van der Waals surface area contributed by atoms with Crippen molar-refractivity contribution in [2.75, 3.05) is 19.8 Å². The molecule has 3 N–H and O–H groups in total. The van der Waals surface area contributed by atoms with Gasteiger partial charge in [0.2, 0.25) is 0 Å². The number of aliphatic hydroxyl groups excluding tert-OH is 3. The molecule has 0 saturated carbocycles. The van der Waals surface area contributed by atoms with Gasteiger partial charge in [-0.25, -0.2) is 0 Å². The van der Waals surface area contributed by atoms with Crippen molar-refractivity contribution in [1.29, 1.82) is 0 Å². The number of rotatable bonds is 17. The second-order valence-electron chi connectivity index (χ2n) is 7.77. The van der Waals surface area contributed by atoms with Crippen molar-refractivity contribution in [1.82, 2.24) is 0 Å². The van der Waals surface area contributed by atoms with Crippen LogP contribution in [0.2, 0.25) is 0 Å². The molecule has 5 nitrogen and oxygen atoms in total. The van der Waals surface area contributed by atoms with Gasteiger partial charge >= 0.3 is 0 Å². The molecule has 1 rings (SSSR count). The third kappa shape index (κ3) is 11.2. The van der Waals surface area contributed by atoms with Gasteiger partial charge in [-0.05, 0) is 19.3 Å². The average Bonchev–Trinajstić information content (AvgIpc) is 2.67. The molecule has 160 valence electrons. The van der Waals surface area contributed by atoms with E-state index < -0.39 is 24.4 Å². The van der Waals surface area contributed by atoms with Crippen molar-refractivity contribution in [2.45, 2.75) is 108 Å². The lowest BCUT2D eigenvalue weighted by atomic mass is 10.0. The largest absolute Gasteiger partial charge is 0.394 e. The molecule has 5 heteroatoms. The smallest absolute Gasteiger partial charge is 0.114 e. The highest BCUT2D eigenvalue weighted by Crippen LogP contribution is 2.19. The molecule has 4 atom stereocenters. The summed E-state index contributed by atoms with van der Waals surface area (Å²) in [5, 5.41) is 29.1. The first-order chi connectivity index (χ1) is 13.2. The fraction of sp³-hybridized carbons (Fsp3) is 0.909. The molecule has 0 aliphatic carbocycles. The minimum atomic E-state index is -0.972. The summed E-state index contributed by atoms with van der Waals surface area (Å²) in [6.07, 6.45) is 15.3. The predicted molar refractivity (Wildman–Crippen MR) is 109 cm³/mol. The second kappa shape index (κ2) is 16.5. The van der Waals surface area contributed by atoms with Crippen LogP contribution >= 0.6 is 0 Å². The van der Waals surface area contributed by atoms with Crippen LogP contribution in [0.3, 0.4) is 0 Å². The summed E-state index contributed by atoms with van der Waals surface area (Å²) < 4.78 is 10.8. The Morgan fingerprint density at radius 1 is 0.852 bits per heavy atom. The van der Waals surface area contributed by atoms with E-state index in [4.69, 9.17) is 14.6 Å². The normalized spacial score (nSPS) is 25.6. The lowest BCUT2D eigenvalue weighted by molar-refractivity contribution is -0.210. The number of hydrogen-bond acceptors (Lipinski definition) is 5. The average molecular weight is 387 g/mol. The molecule has 0 aromatic rings. The first-order valence-electron chi connectivity index (χ1n) is 11.0. The van der Waals surface area contributed by atoms with Gasteiger partial charge in [0.1, 0.15) is 24.4 Å². The molecule has 0 unspecified atom stereocenters. The van der Waals surface area contributed by atoms with Crippen molar-refractivity contribution in [3.63, 3.8) is 0 Å². The highest BCUT2D eigenvalue weighted by molar-refractivity contribution is 4.87. The molecule has 1 aliphatic heterocycles. The quantitative estimate of drug-likeness (QED) is 0.262. The molecule has 1 heterocycles. The van der Waals surface area contributed by atoms with Gasteiger partial charge in [0.25, 0.3) is 0 Å². The number of aliphatic hydroxyl groups is 3. The summed E-state index contributed by atoms with van der Waals surface area (Å²) in [6.45, 7) is 4.12. The molecule has 0 spiro atoms. The van der Waals surface area contributed by atoms with E-state index in [-0.39, 0.29) is 13.2 Å². The molecular formula is C22H42O5. The van der Waals surface area contributed by atoms with Crippen LogP contribution in [0.5, 0.6) is 0 Å². The van der Waals surface area contributed by atoms with Crippen molar-refractivity contribution in [2.24, 2.45) is 0 Å². The number of unbranched alkanes of at least 4 members (excludes halogenated alkanes) is 12. The van der Waals surface area contributed by atoms with Crippen LogP contribution < -0.4 is 0 Å². The highest BCUT2D eigenvalue weighted by Gasteiger charge is 2.38. The van der Waals surface area contributed by atoms with Gasteiger partial charge in [-0.2, -0.15) is 0 Å².